The van der Waals surface area contributed by atoms with Gasteiger partial charge in [0.25, 0.3) is 0 Å². The van der Waals surface area contributed by atoms with Crippen LogP contribution in [0.5, 0.6) is 5.88 Å². The number of aliphatic hydroxyl groups is 3. The number of aliphatic hydroxyl groups excluding tert-OH is 2. The van der Waals surface area contributed by atoms with E-state index in [0.717, 1.165) is 0 Å². The summed E-state index contributed by atoms with van der Waals surface area (Å²) < 4.78 is 20.8. The third-order valence-corrected chi connectivity index (χ3v) is 4.01. The molecule has 10 heteroatoms. The fraction of sp³-hybridized carbons (Fsp3) is 0.583. The molecule has 0 amide bonds. The third-order valence-electron chi connectivity index (χ3n) is 4.01. The highest BCUT2D eigenvalue weighted by Gasteiger charge is 2.53. The second-order valence-electron chi connectivity index (χ2n) is 5.34. The van der Waals surface area contributed by atoms with E-state index in [2.05, 4.69) is 15.0 Å². The molecular weight excluding hydrogens is 297 g/mol. The fourth-order valence-corrected chi connectivity index (χ4v) is 2.80. The molecule has 0 aliphatic heterocycles. The van der Waals surface area contributed by atoms with Gasteiger partial charge in [0.1, 0.15) is 17.9 Å². The SMILES string of the molecule is COc1nc(N)nc2c1ncn2[C@H]1C[C@@](O)(CO)[C@H](O)[C@H]1F. The van der Waals surface area contributed by atoms with Crippen molar-refractivity contribution in [3.05, 3.63) is 6.33 Å². The molecule has 0 spiro atoms. The summed E-state index contributed by atoms with van der Waals surface area (Å²) in [6.07, 6.45) is -2.38. The van der Waals surface area contributed by atoms with Crippen molar-refractivity contribution in [2.75, 3.05) is 19.5 Å². The van der Waals surface area contributed by atoms with Crippen molar-refractivity contribution < 1.29 is 24.4 Å². The number of nitrogens with zero attached hydrogens (tertiary/aromatic N) is 4. The number of imidazole rings is 1. The lowest BCUT2D eigenvalue weighted by Crippen LogP contribution is -2.44. The summed E-state index contributed by atoms with van der Waals surface area (Å²) in [4.78, 5) is 12.0. The van der Waals surface area contributed by atoms with Crippen molar-refractivity contribution in [1.29, 1.82) is 0 Å². The smallest absolute Gasteiger partial charge is 0.246 e. The molecular formula is C12H16FN5O4. The van der Waals surface area contributed by atoms with E-state index < -0.39 is 30.5 Å². The lowest BCUT2D eigenvalue weighted by molar-refractivity contribution is -0.0994. The quantitative estimate of drug-likeness (QED) is 0.553. The van der Waals surface area contributed by atoms with Gasteiger partial charge >= 0.3 is 0 Å². The molecule has 2 aromatic heterocycles. The Morgan fingerprint density at radius 2 is 2.27 bits per heavy atom. The van der Waals surface area contributed by atoms with Crippen LogP contribution in [0.1, 0.15) is 12.5 Å². The van der Waals surface area contributed by atoms with Crippen LogP contribution in [-0.4, -0.2) is 66.4 Å². The van der Waals surface area contributed by atoms with Crippen LogP contribution in [0.25, 0.3) is 11.2 Å². The Labute approximate surface area is 124 Å². The summed E-state index contributed by atoms with van der Waals surface area (Å²) in [5.74, 6) is 0.0742. The molecule has 0 bridgehead atoms. The van der Waals surface area contributed by atoms with Crippen LogP contribution in [0.3, 0.4) is 0 Å². The van der Waals surface area contributed by atoms with Gasteiger partial charge in [0, 0.05) is 6.42 Å². The van der Waals surface area contributed by atoms with Gasteiger partial charge in [0.2, 0.25) is 11.8 Å². The van der Waals surface area contributed by atoms with E-state index in [4.69, 9.17) is 10.5 Å². The zero-order valence-electron chi connectivity index (χ0n) is 11.7. The van der Waals surface area contributed by atoms with E-state index in [-0.39, 0.29) is 29.4 Å². The largest absolute Gasteiger partial charge is 0.479 e. The van der Waals surface area contributed by atoms with E-state index in [9.17, 15) is 19.7 Å². The molecule has 120 valence electrons. The average molecular weight is 313 g/mol. The van der Waals surface area contributed by atoms with Gasteiger partial charge in [-0.2, -0.15) is 9.97 Å². The van der Waals surface area contributed by atoms with Crippen molar-refractivity contribution in [2.24, 2.45) is 0 Å². The van der Waals surface area contributed by atoms with Gasteiger partial charge in [0.15, 0.2) is 11.2 Å². The fourth-order valence-electron chi connectivity index (χ4n) is 2.80. The zero-order chi connectivity index (χ0) is 16.1. The van der Waals surface area contributed by atoms with Crippen molar-refractivity contribution in [1.82, 2.24) is 19.5 Å². The molecule has 0 unspecified atom stereocenters. The maximum atomic E-state index is 14.4. The van der Waals surface area contributed by atoms with Crippen molar-refractivity contribution in [3.8, 4) is 5.88 Å². The first-order chi connectivity index (χ1) is 10.4. The molecule has 3 rings (SSSR count). The van der Waals surface area contributed by atoms with Crippen LogP contribution in [0, 0.1) is 0 Å². The Hall–Kier alpha value is -2.04. The Kier molecular flexibility index (Phi) is 3.38. The van der Waals surface area contributed by atoms with Crippen LogP contribution in [0.2, 0.25) is 0 Å². The van der Waals surface area contributed by atoms with Gasteiger partial charge in [-0.3, -0.25) is 0 Å². The van der Waals surface area contributed by atoms with Crippen LogP contribution >= 0.6 is 0 Å². The molecule has 1 saturated carbocycles. The summed E-state index contributed by atoms with van der Waals surface area (Å²) in [6.45, 7) is -0.752. The first-order valence-electron chi connectivity index (χ1n) is 6.60. The molecule has 2 heterocycles. The summed E-state index contributed by atoms with van der Waals surface area (Å²) in [6, 6.07) is -0.948. The van der Waals surface area contributed by atoms with Gasteiger partial charge in [-0.25, -0.2) is 9.37 Å². The Morgan fingerprint density at radius 3 is 2.86 bits per heavy atom. The van der Waals surface area contributed by atoms with E-state index in [1.54, 1.807) is 0 Å². The number of aromatic nitrogens is 4. The Morgan fingerprint density at radius 1 is 1.55 bits per heavy atom. The summed E-state index contributed by atoms with van der Waals surface area (Å²) >= 11 is 0. The third kappa shape index (κ3) is 1.99. The number of hydrogen-bond donors (Lipinski definition) is 4. The summed E-state index contributed by atoms with van der Waals surface area (Å²) in [5.41, 5.74) is 4.20. The highest BCUT2D eigenvalue weighted by molar-refractivity contribution is 5.77. The summed E-state index contributed by atoms with van der Waals surface area (Å²) in [7, 11) is 1.39. The average Bonchev–Trinajstić information content (AvgIpc) is 3.01. The van der Waals surface area contributed by atoms with E-state index in [0.29, 0.717) is 0 Å². The maximum absolute atomic E-state index is 14.4. The predicted octanol–water partition coefficient (Wildman–Crippen LogP) is -1.22. The highest BCUT2D eigenvalue weighted by atomic mass is 19.1. The highest BCUT2D eigenvalue weighted by Crippen LogP contribution is 2.41. The number of hydrogen-bond acceptors (Lipinski definition) is 8. The predicted molar refractivity (Wildman–Crippen MR) is 72.9 cm³/mol. The molecule has 1 aliphatic carbocycles. The van der Waals surface area contributed by atoms with Crippen molar-refractivity contribution >= 4 is 17.1 Å². The van der Waals surface area contributed by atoms with Gasteiger partial charge in [-0.1, -0.05) is 0 Å². The van der Waals surface area contributed by atoms with Crippen molar-refractivity contribution in [2.45, 2.75) is 30.3 Å². The monoisotopic (exact) mass is 313 g/mol. The molecule has 9 nitrogen and oxygen atoms in total. The Bertz CT molecular complexity index is 710. The first-order valence-corrected chi connectivity index (χ1v) is 6.60. The van der Waals surface area contributed by atoms with Gasteiger partial charge in [0.05, 0.1) is 26.1 Å². The minimum Gasteiger partial charge on any atom is -0.479 e. The lowest BCUT2D eigenvalue weighted by Gasteiger charge is -2.23. The Balaban J connectivity index is 2.10. The number of nitrogens with two attached hydrogens (primary N) is 1. The molecule has 0 radical (unpaired) electrons. The number of methoxy groups -OCH3 is 1. The second kappa shape index (κ2) is 5.00. The molecule has 22 heavy (non-hydrogen) atoms. The number of fused-ring (bicyclic) bond motifs is 1. The summed E-state index contributed by atoms with van der Waals surface area (Å²) in [5, 5.41) is 29.1. The van der Waals surface area contributed by atoms with Crippen LogP contribution in [0.4, 0.5) is 10.3 Å². The number of nitrogen functional groups attached to an aromatic ring is 1. The number of rotatable bonds is 3. The molecule has 5 N–H and O–H groups in total. The minimum atomic E-state index is -1.91. The lowest BCUT2D eigenvalue weighted by atomic mass is 10.0. The van der Waals surface area contributed by atoms with Crippen molar-refractivity contribution in [3.63, 3.8) is 0 Å². The topological polar surface area (TPSA) is 140 Å². The number of anilines is 1. The minimum absolute atomic E-state index is 0.0718. The standard InChI is InChI=1S/C12H16FN5O4/c1-22-10-7-9(16-11(14)17-10)18(4-15-7)5-2-12(21,3-19)8(20)6(5)13/h4-6,8,19-21H,2-3H2,1H3,(H2,14,16,17)/t5-,6-,8+,12+/m0/s1. The van der Waals surface area contributed by atoms with E-state index in [1.807, 2.05) is 0 Å². The number of halogens is 1. The second-order valence-corrected chi connectivity index (χ2v) is 5.34. The normalized spacial score (nSPS) is 31.8. The molecule has 4 atom stereocenters. The van der Waals surface area contributed by atoms with Gasteiger partial charge < -0.3 is 30.4 Å². The molecule has 0 aromatic carbocycles. The number of alkyl halides is 1. The molecule has 0 saturated heterocycles. The van der Waals surface area contributed by atoms with E-state index >= 15 is 0 Å². The van der Waals surface area contributed by atoms with Crippen LogP contribution in [0.15, 0.2) is 6.33 Å². The first kappa shape index (κ1) is 14.9. The van der Waals surface area contributed by atoms with E-state index in [1.165, 1.54) is 18.0 Å². The number of ether oxygens (including phenoxy) is 1. The van der Waals surface area contributed by atoms with Gasteiger partial charge in [-0.15, -0.1) is 0 Å². The maximum Gasteiger partial charge on any atom is 0.246 e. The molecule has 1 fully saturated rings. The van der Waals surface area contributed by atoms with Crippen LogP contribution in [-0.2, 0) is 0 Å². The zero-order valence-corrected chi connectivity index (χ0v) is 11.7. The van der Waals surface area contributed by atoms with Crippen LogP contribution < -0.4 is 10.5 Å². The molecule has 1 aliphatic rings. The molecule has 2 aromatic rings. The van der Waals surface area contributed by atoms with Gasteiger partial charge in [-0.05, 0) is 0 Å².